The van der Waals surface area contributed by atoms with E-state index < -0.39 is 26.5 Å². The topological polar surface area (TPSA) is 108 Å². The van der Waals surface area contributed by atoms with Crippen LogP contribution in [0, 0.1) is 0 Å². The van der Waals surface area contributed by atoms with Crippen LogP contribution in [0.15, 0.2) is 12.2 Å². The normalized spacial score (nSPS) is 13.3. The second-order valence-corrected chi connectivity index (χ2v) is 23.9. The first-order valence-corrected chi connectivity index (χ1v) is 32.4. The molecule has 0 aromatic heterocycles. The molecule has 1 N–H and O–H groups in total. The molecule has 9 nitrogen and oxygen atoms in total. The van der Waals surface area contributed by atoms with Gasteiger partial charge in [0.1, 0.15) is 19.8 Å². The van der Waals surface area contributed by atoms with Gasteiger partial charge >= 0.3 is 19.8 Å². The van der Waals surface area contributed by atoms with Gasteiger partial charge in [-0.2, -0.15) is 0 Å². The number of allylic oxidation sites excluding steroid dienone is 2. The fraction of sp³-hybridized carbons (Fsp3) is 0.934. The number of ether oxygens (including phenoxy) is 2. The summed E-state index contributed by atoms with van der Waals surface area (Å²) >= 11 is 0. The molecule has 0 radical (unpaired) electrons. The Morgan fingerprint density at radius 1 is 0.423 bits per heavy atom. The zero-order valence-corrected chi connectivity index (χ0v) is 48.9. The summed E-state index contributed by atoms with van der Waals surface area (Å²) in [6.45, 7) is 4.46. The third-order valence-electron chi connectivity index (χ3n) is 14.0. The fourth-order valence-electron chi connectivity index (χ4n) is 9.25. The van der Waals surface area contributed by atoms with Crippen molar-refractivity contribution in [1.82, 2.24) is 0 Å². The molecule has 0 aliphatic carbocycles. The number of hydrogen-bond donors (Lipinski definition) is 1. The Hall–Kier alpha value is -1.25. The maximum absolute atomic E-state index is 12.8. The minimum atomic E-state index is -4.37. The Labute approximate surface area is 441 Å². The van der Waals surface area contributed by atoms with Crippen molar-refractivity contribution in [3.63, 3.8) is 0 Å². The minimum absolute atomic E-state index is 0.0363. The first kappa shape index (κ1) is 69.8. The van der Waals surface area contributed by atoms with E-state index in [9.17, 15) is 19.0 Å². The number of hydrogen-bond acceptors (Lipinski definition) is 7. The molecule has 0 heterocycles. The summed E-state index contributed by atoms with van der Waals surface area (Å²) in [6.07, 6.45) is 63.3. The van der Waals surface area contributed by atoms with Crippen LogP contribution in [0.25, 0.3) is 0 Å². The summed E-state index contributed by atoms with van der Waals surface area (Å²) in [5, 5.41) is 0. The number of nitrogens with zero attached hydrogens (tertiary/aromatic N) is 1. The van der Waals surface area contributed by atoms with Crippen molar-refractivity contribution in [2.75, 3.05) is 47.5 Å². The summed E-state index contributed by atoms with van der Waals surface area (Å²) in [5.74, 6) is -0.781. The highest BCUT2D eigenvalue weighted by Gasteiger charge is 2.27. The zero-order valence-electron chi connectivity index (χ0n) is 48.0. The largest absolute Gasteiger partial charge is 0.472 e. The second-order valence-electron chi connectivity index (χ2n) is 22.5. The molecule has 0 bridgehead atoms. The number of phosphoric ester groups is 1. The van der Waals surface area contributed by atoms with E-state index >= 15 is 0 Å². The molecular weight excluding hydrogens is 906 g/mol. The van der Waals surface area contributed by atoms with Crippen LogP contribution >= 0.6 is 7.82 Å². The van der Waals surface area contributed by atoms with E-state index in [1.165, 1.54) is 250 Å². The fourth-order valence-corrected chi connectivity index (χ4v) is 9.99. The average molecular weight is 1030 g/mol. The van der Waals surface area contributed by atoms with Gasteiger partial charge < -0.3 is 18.9 Å². The van der Waals surface area contributed by atoms with Crippen LogP contribution in [0.3, 0.4) is 0 Å². The number of carbonyl (C=O) groups is 2. The van der Waals surface area contributed by atoms with Gasteiger partial charge in [-0.1, -0.05) is 276 Å². The van der Waals surface area contributed by atoms with Crippen molar-refractivity contribution in [2.45, 2.75) is 322 Å². The van der Waals surface area contributed by atoms with Crippen molar-refractivity contribution in [1.29, 1.82) is 0 Å². The van der Waals surface area contributed by atoms with Gasteiger partial charge in [0.05, 0.1) is 27.7 Å². The highest BCUT2D eigenvalue weighted by molar-refractivity contribution is 7.47. The van der Waals surface area contributed by atoms with Gasteiger partial charge in [0.15, 0.2) is 6.10 Å². The van der Waals surface area contributed by atoms with Gasteiger partial charge in [-0.25, -0.2) is 4.57 Å². The van der Waals surface area contributed by atoms with Crippen LogP contribution in [0.1, 0.15) is 316 Å². The summed E-state index contributed by atoms with van der Waals surface area (Å²) in [6, 6.07) is 0. The van der Waals surface area contributed by atoms with Gasteiger partial charge in [-0.15, -0.1) is 0 Å². The van der Waals surface area contributed by atoms with Crippen molar-refractivity contribution in [2.24, 2.45) is 0 Å². The average Bonchev–Trinajstić information content (AvgIpc) is 3.33. The molecule has 0 rings (SSSR count). The molecule has 0 aliphatic heterocycles. The third-order valence-corrected chi connectivity index (χ3v) is 15.0. The van der Waals surface area contributed by atoms with E-state index in [-0.39, 0.29) is 25.6 Å². The first-order chi connectivity index (χ1) is 34.5. The third kappa shape index (κ3) is 57.9. The van der Waals surface area contributed by atoms with Crippen molar-refractivity contribution < 1.29 is 42.1 Å². The maximum Gasteiger partial charge on any atom is 0.472 e. The van der Waals surface area contributed by atoms with E-state index in [1.807, 2.05) is 21.1 Å². The van der Waals surface area contributed by atoms with Gasteiger partial charge in [-0.05, 0) is 38.5 Å². The number of rotatable bonds is 58. The Bertz CT molecular complexity index is 1210. The predicted molar refractivity (Wildman–Crippen MR) is 303 cm³/mol. The van der Waals surface area contributed by atoms with Crippen molar-refractivity contribution in [3.05, 3.63) is 12.2 Å². The quantitative estimate of drug-likeness (QED) is 0.0211. The van der Waals surface area contributed by atoms with Gasteiger partial charge in [-0.3, -0.25) is 18.6 Å². The minimum Gasteiger partial charge on any atom is -0.462 e. The molecule has 422 valence electrons. The summed E-state index contributed by atoms with van der Waals surface area (Å²) in [5.41, 5.74) is 0. The molecule has 0 saturated heterocycles. The molecule has 0 aromatic rings. The van der Waals surface area contributed by atoms with Crippen molar-refractivity contribution >= 4 is 19.8 Å². The molecule has 10 heteroatoms. The smallest absolute Gasteiger partial charge is 0.462 e. The molecule has 0 aliphatic rings. The lowest BCUT2D eigenvalue weighted by Crippen LogP contribution is -2.37. The monoisotopic (exact) mass is 1030 g/mol. The van der Waals surface area contributed by atoms with Crippen LogP contribution in [-0.4, -0.2) is 74.9 Å². The molecule has 2 unspecified atom stereocenters. The maximum atomic E-state index is 12.8. The SMILES string of the molecule is CCCCCCCCCC/C=C\CCCCCCCCCCCCCCCCCCCCCCCCCCCC(=O)OC(COC(=O)CCCCCCCCCCCC)COP(=O)(O)OCC[N+](C)(C)C. The number of likely N-dealkylation sites (N-methyl/N-ethyl adjacent to an activating group) is 1. The standard InChI is InChI=1S/C61H120NO8P/c1-6-8-10-12-14-16-18-19-20-21-22-23-24-25-26-27-28-29-30-31-32-33-34-35-36-37-38-39-40-41-42-43-44-46-48-50-52-54-61(64)70-59(58-69-71(65,66)68-56-55-62(3,4)5)57-67-60(63)53-51-49-47-45-17-15-13-11-9-7-2/h21-22,59H,6-20,23-58H2,1-5H3/p+1/b22-21-. The highest BCUT2D eigenvalue weighted by Crippen LogP contribution is 2.43. The lowest BCUT2D eigenvalue weighted by molar-refractivity contribution is -0.870. The number of quaternary nitrogens is 1. The molecule has 0 saturated carbocycles. The van der Waals surface area contributed by atoms with Crippen LogP contribution in [-0.2, 0) is 32.7 Å². The number of esters is 2. The van der Waals surface area contributed by atoms with Gasteiger partial charge in [0, 0.05) is 12.8 Å². The van der Waals surface area contributed by atoms with E-state index in [1.54, 1.807) is 0 Å². The van der Waals surface area contributed by atoms with Crippen LogP contribution in [0.4, 0.5) is 0 Å². The highest BCUT2D eigenvalue weighted by atomic mass is 31.2. The molecule has 0 fully saturated rings. The predicted octanol–water partition coefficient (Wildman–Crippen LogP) is 19.2. The Balaban J connectivity index is 3.82. The molecular formula is C61H121NO8P+. The van der Waals surface area contributed by atoms with Gasteiger partial charge in [0.2, 0.25) is 0 Å². The number of carbonyl (C=O) groups excluding carboxylic acids is 2. The van der Waals surface area contributed by atoms with Crippen LogP contribution in [0.2, 0.25) is 0 Å². The van der Waals surface area contributed by atoms with E-state index in [0.29, 0.717) is 17.4 Å². The van der Waals surface area contributed by atoms with E-state index in [0.717, 1.165) is 38.5 Å². The molecule has 0 spiro atoms. The Morgan fingerprint density at radius 2 is 0.718 bits per heavy atom. The summed E-state index contributed by atoms with van der Waals surface area (Å²) < 4.78 is 34.5. The second kappa shape index (κ2) is 53.6. The zero-order chi connectivity index (χ0) is 52.0. The Kier molecular flexibility index (Phi) is 52.6. The van der Waals surface area contributed by atoms with E-state index in [4.69, 9.17) is 18.5 Å². The van der Waals surface area contributed by atoms with Crippen LogP contribution in [0.5, 0.6) is 0 Å². The van der Waals surface area contributed by atoms with E-state index in [2.05, 4.69) is 26.0 Å². The number of phosphoric acid groups is 1. The summed E-state index contributed by atoms with van der Waals surface area (Å²) in [4.78, 5) is 35.5. The van der Waals surface area contributed by atoms with Crippen molar-refractivity contribution in [3.8, 4) is 0 Å². The summed E-state index contributed by atoms with van der Waals surface area (Å²) in [7, 11) is 1.50. The molecule has 2 atom stereocenters. The molecule has 0 aromatic carbocycles. The lowest BCUT2D eigenvalue weighted by atomic mass is 10.0. The Morgan fingerprint density at radius 3 is 1.04 bits per heavy atom. The molecule has 71 heavy (non-hydrogen) atoms. The van der Waals surface area contributed by atoms with Crippen LogP contribution < -0.4 is 0 Å². The first-order valence-electron chi connectivity index (χ1n) is 30.9. The lowest BCUT2D eigenvalue weighted by Gasteiger charge is -2.24. The van der Waals surface area contributed by atoms with Gasteiger partial charge in [0.25, 0.3) is 0 Å². The molecule has 0 amide bonds. The number of unbranched alkanes of at least 4 members (excludes halogenated alkanes) is 42.